The highest BCUT2D eigenvalue weighted by Crippen LogP contribution is 2.18. The van der Waals surface area contributed by atoms with Crippen LogP contribution in [-0.2, 0) is 6.54 Å². The lowest BCUT2D eigenvalue weighted by molar-refractivity contribution is 0.182. The lowest BCUT2D eigenvalue weighted by atomic mass is 10.2. The van der Waals surface area contributed by atoms with Crippen molar-refractivity contribution in [3.8, 4) is 5.88 Å². The van der Waals surface area contributed by atoms with E-state index in [-0.39, 0.29) is 12.1 Å². The molecule has 7 nitrogen and oxygen atoms in total. The van der Waals surface area contributed by atoms with E-state index in [1.165, 1.54) is 0 Å². The van der Waals surface area contributed by atoms with Gasteiger partial charge in [-0.15, -0.1) is 10.2 Å². The van der Waals surface area contributed by atoms with Crippen molar-refractivity contribution in [2.75, 3.05) is 32.1 Å². The lowest BCUT2D eigenvalue weighted by Crippen LogP contribution is -2.39. The minimum absolute atomic E-state index is 0.0733. The molecule has 8 heteroatoms. The quantitative estimate of drug-likeness (QED) is 0.869. The van der Waals surface area contributed by atoms with Crippen LogP contribution in [0.1, 0.15) is 12.0 Å². The number of anilines is 1. The van der Waals surface area contributed by atoms with E-state index < -0.39 is 0 Å². The number of amides is 2. The molecule has 0 spiro atoms. The third-order valence-electron chi connectivity index (χ3n) is 4.16. The molecule has 138 valence electrons. The van der Waals surface area contributed by atoms with Gasteiger partial charge in [0.25, 0.3) is 0 Å². The summed E-state index contributed by atoms with van der Waals surface area (Å²) in [4.78, 5) is 15.9. The molecule has 2 heterocycles. The summed E-state index contributed by atoms with van der Waals surface area (Å²) >= 11 is 5.86. The van der Waals surface area contributed by atoms with Crippen molar-refractivity contribution in [3.63, 3.8) is 0 Å². The largest absolute Gasteiger partial charge is 0.471 e. The molecule has 2 amide bonds. The average Bonchev–Trinajstić information content (AvgIpc) is 3.10. The maximum absolute atomic E-state index is 12.3. The number of rotatable bonds is 5. The number of urea groups is 1. The summed E-state index contributed by atoms with van der Waals surface area (Å²) < 4.78 is 5.84. The summed E-state index contributed by atoms with van der Waals surface area (Å²) in [6.07, 6.45) is 0.696. The average molecular weight is 376 g/mol. The monoisotopic (exact) mass is 375 g/mol. The van der Waals surface area contributed by atoms with Crippen LogP contribution in [0.25, 0.3) is 0 Å². The van der Waals surface area contributed by atoms with Crippen LogP contribution in [0.5, 0.6) is 5.88 Å². The minimum Gasteiger partial charge on any atom is -0.471 e. The summed E-state index contributed by atoms with van der Waals surface area (Å²) in [6, 6.07) is 11.0. The molecule has 0 aliphatic carbocycles. The van der Waals surface area contributed by atoms with E-state index in [0.717, 1.165) is 17.8 Å². The number of nitrogens with one attached hydrogen (secondary N) is 1. The van der Waals surface area contributed by atoms with Gasteiger partial charge in [0, 0.05) is 44.7 Å². The zero-order valence-electron chi connectivity index (χ0n) is 14.9. The number of ether oxygens (including phenoxy) is 1. The molecule has 1 aromatic heterocycles. The molecule has 0 radical (unpaired) electrons. The Bertz CT molecular complexity index is 736. The topological polar surface area (TPSA) is 70.6 Å². The summed E-state index contributed by atoms with van der Waals surface area (Å²) in [6.45, 7) is 1.65. The number of hydrogen-bond donors (Lipinski definition) is 1. The number of likely N-dealkylation sites (tertiary alicyclic amines) is 1. The van der Waals surface area contributed by atoms with Gasteiger partial charge in [0.1, 0.15) is 6.10 Å². The molecule has 0 saturated carbocycles. The Morgan fingerprint density at radius 2 is 2.04 bits per heavy atom. The van der Waals surface area contributed by atoms with Crippen molar-refractivity contribution in [2.45, 2.75) is 19.1 Å². The SMILES string of the molecule is CN(C)c1ccc(OC2CCN(C(=O)NCc3ccc(Cl)cc3)C2)nn1. The summed E-state index contributed by atoms with van der Waals surface area (Å²) in [7, 11) is 3.81. The van der Waals surface area contributed by atoms with Gasteiger partial charge in [0.2, 0.25) is 5.88 Å². The van der Waals surface area contributed by atoms with Crippen molar-refractivity contribution in [2.24, 2.45) is 0 Å². The van der Waals surface area contributed by atoms with Crippen molar-refractivity contribution < 1.29 is 9.53 Å². The molecule has 1 unspecified atom stereocenters. The van der Waals surface area contributed by atoms with Crippen molar-refractivity contribution in [1.82, 2.24) is 20.4 Å². The second kappa shape index (κ2) is 8.23. The Labute approximate surface area is 157 Å². The molecule has 1 aromatic carbocycles. The van der Waals surface area contributed by atoms with Crippen LogP contribution in [0, 0.1) is 0 Å². The first kappa shape index (κ1) is 18.3. The van der Waals surface area contributed by atoms with Gasteiger partial charge in [-0.3, -0.25) is 0 Å². The predicted molar refractivity (Wildman–Crippen MR) is 101 cm³/mol. The number of nitrogens with zero attached hydrogens (tertiary/aromatic N) is 4. The van der Waals surface area contributed by atoms with Crippen LogP contribution in [-0.4, -0.2) is 54.4 Å². The Morgan fingerprint density at radius 3 is 2.69 bits per heavy atom. The number of carbonyl (C=O) groups is 1. The normalized spacial score (nSPS) is 16.4. The second-order valence-electron chi connectivity index (χ2n) is 6.38. The van der Waals surface area contributed by atoms with Crippen LogP contribution in [0.15, 0.2) is 36.4 Å². The van der Waals surface area contributed by atoms with Gasteiger partial charge in [-0.1, -0.05) is 23.7 Å². The molecule has 1 fully saturated rings. The van der Waals surface area contributed by atoms with Crippen LogP contribution < -0.4 is 15.0 Å². The maximum Gasteiger partial charge on any atom is 0.317 e. The van der Waals surface area contributed by atoms with E-state index in [0.29, 0.717) is 30.5 Å². The fourth-order valence-electron chi connectivity index (χ4n) is 2.69. The number of hydrogen-bond acceptors (Lipinski definition) is 5. The molecule has 1 N–H and O–H groups in total. The second-order valence-corrected chi connectivity index (χ2v) is 6.82. The van der Waals surface area contributed by atoms with E-state index in [1.54, 1.807) is 11.0 Å². The highest BCUT2D eigenvalue weighted by Gasteiger charge is 2.27. The van der Waals surface area contributed by atoms with Crippen LogP contribution >= 0.6 is 11.6 Å². The molecular formula is C18H22ClN5O2. The van der Waals surface area contributed by atoms with Gasteiger partial charge >= 0.3 is 6.03 Å². The Balaban J connectivity index is 1.46. The van der Waals surface area contributed by atoms with Gasteiger partial charge in [0.15, 0.2) is 5.82 Å². The Morgan fingerprint density at radius 1 is 1.27 bits per heavy atom. The van der Waals surface area contributed by atoms with Crippen molar-refractivity contribution in [1.29, 1.82) is 0 Å². The number of aromatic nitrogens is 2. The predicted octanol–water partition coefficient (Wildman–Crippen LogP) is 2.56. The fraction of sp³-hybridized carbons (Fsp3) is 0.389. The third-order valence-corrected chi connectivity index (χ3v) is 4.41. The standard InChI is InChI=1S/C18H22ClN5O2/c1-23(2)16-7-8-17(22-21-16)26-15-9-10-24(12-15)18(25)20-11-13-3-5-14(19)6-4-13/h3-8,15H,9-12H2,1-2H3,(H,20,25). The van der Waals surface area contributed by atoms with Crippen LogP contribution in [0.2, 0.25) is 5.02 Å². The van der Waals surface area contributed by atoms with Crippen LogP contribution in [0.4, 0.5) is 10.6 Å². The molecule has 0 bridgehead atoms. The third kappa shape index (κ3) is 4.76. The molecule has 1 aliphatic rings. The number of halogens is 1. The van der Waals surface area contributed by atoms with E-state index in [9.17, 15) is 4.79 Å². The van der Waals surface area contributed by atoms with Gasteiger partial charge < -0.3 is 19.9 Å². The first-order chi connectivity index (χ1) is 12.5. The van der Waals surface area contributed by atoms with E-state index in [1.807, 2.05) is 49.3 Å². The van der Waals surface area contributed by atoms with Gasteiger partial charge in [-0.25, -0.2) is 4.79 Å². The molecule has 26 heavy (non-hydrogen) atoms. The van der Waals surface area contributed by atoms with Crippen LogP contribution in [0.3, 0.4) is 0 Å². The van der Waals surface area contributed by atoms with E-state index >= 15 is 0 Å². The smallest absolute Gasteiger partial charge is 0.317 e. The van der Waals surface area contributed by atoms with E-state index in [2.05, 4.69) is 15.5 Å². The number of carbonyl (C=O) groups excluding carboxylic acids is 1. The molecule has 3 rings (SSSR count). The fourth-order valence-corrected chi connectivity index (χ4v) is 2.81. The molecule has 1 aliphatic heterocycles. The molecular weight excluding hydrogens is 354 g/mol. The Kier molecular flexibility index (Phi) is 5.78. The van der Waals surface area contributed by atoms with Gasteiger partial charge in [-0.2, -0.15) is 0 Å². The van der Waals surface area contributed by atoms with Gasteiger partial charge in [0.05, 0.1) is 6.54 Å². The first-order valence-electron chi connectivity index (χ1n) is 8.46. The highest BCUT2D eigenvalue weighted by molar-refractivity contribution is 6.30. The van der Waals surface area contributed by atoms with E-state index in [4.69, 9.17) is 16.3 Å². The Hall–Kier alpha value is -2.54. The highest BCUT2D eigenvalue weighted by atomic mass is 35.5. The summed E-state index contributed by atoms with van der Waals surface area (Å²) in [5, 5.41) is 11.8. The zero-order valence-corrected chi connectivity index (χ0v) is 15.6. The van der Waals surface area contributed by atoms with Gasteiger partial charge in [-0.05, 0) is 23.8 Å². The maximum atomic E-state index is 12.3. The minimum atomic E-state index is -0.0971. The lowest BCUT2D eigenvalue weighted by Gasteiger charge is -2.18. The van der Waals surface area contributed by atoms with Crippen molar-refractivity contribution in [3.05, 3.63) is 47.0 Å². The number of benzene rings is 1. The molecule has 1 saturated heterocycles. The molecule has 1 atom stereocenters. The first-order valence-corrected chi connectivity index (χ1v) is 8.84. The summed E-state index contributed by atoms with van der Waals surface area (Å²) in [5.41, 5.74) is 1.01. The summed E-state index contributed by atoms with van der Waals surface area (Å²) in [5.74, 6) is 1.25. The molecule has 2 aromatic rings. The van der Waals surface area contributed by atoms with Crippen molar-refractivity contribution >= 4 is 23.4 Å². The zero-order chi connectivity index (χ0) is 18.5.